The Morgan fingerprint density at radius 1 is 0.410 bits per heavy atom. The van der Waals surface area contributed by atoms with Crippen LogP contribution in [0, 0.1) is 6.92 Å². The van der Waals surface area contributed by atoms with Crippen LogP contribution in [0.4, 0.5) is 17.1 Å². The van der Waals surface area contributed by atoms with Crippen molar-refractivity contribution in [3.05, 3.63) is 229 Å². The van der Waals surface area contributed by atoms with E-state index in [-0.39, 0.29) is 5.41 Å². The lowest BCUT2D eigenvalue weighted by Gasteiger charge is -2.34. The minimum Gasteiger partial charge on any atom is -0.310 e. The van der Waals surface area contributed by atoms with Gasteiger partial charge < -0.3 is 9.47 Å². The van der Waals surface area contributed by atoms with Gasteiger partial charge in [-0.2, -0.15) is 0 Å². The van der Waals surface area contributed by atoms with E-state index < -0.39 is 8.07 Å². The molecule has 12 rings (SSSR count). The van der Waals surface area contributed by atoms with Crippen molar-refractivity contribution in [2.75, 3.05) is 4.90 Å². The summed E-state index contributed by atoms with van der Waals surface area (Å²) in [6.45, 7) is 7.03. The van der Waals surface area contributed by atoms with Crippen molar-refractivity contribution in [1.82, 2.24) is 4.57 Å². The smallest absolute Gasteiger partial charge is 0.180 e. The predicted octanol–water partition coefficient (Wildman–Crippen LogP) is 12.2. The van der Waals surface area contributed by atoms with Crippen LogP contribution in [0.1, 0.15) is 30.5 Å². The van der Waals surface area contributed by atoms with Crippen LogP contribution in [0.15, 0.2) is 212 Å². The largest absolute Gasteiger partial charge is 0.310 e. The van der Waals surface area contributed by atoms with E-state index in [9.17, 15) is 0 Å². The zero-order chi connectivity index (χ0) is 40.9. The van der Waals surface area contributed by atoms with Gasteiger partial charge in [0.05, 0.1) is 11.0 Å². The van der Waals surface area contributed by atoms with Gasteiger partial charge in [-0.15, -0.1) is 0 Å². The van der Waals surface area contributed by atoms with Crippen molar-refractivity contribution in [2.45, 2.75) is 26.2 Å². The molecular weight excluding hydrogens is 753 g/mol. The number of para-hydroxylation sites is 2. The summed E-state index contributed by atoms with van der Waals surface area (Å²) in [5.74, 6) is 0. The molecule has 0 saturated carbocycles. The molecular formula is C58H44N2Si. The quantitative estimate of drug-likeness (QED) is 0.152. The molecule has 2 nitrogen and oxygen atoms in total. The van der Waals surface area contributed by atoms with E-state index in [1.165, 1.54) is 81.5 Å². The average Bonchev–Trinajstić information content (AvgIpc) is 3.88. The minimum absolute atomic E-state index is 0.132. The van der Waals surface area contributed by atoms with Crippen LogP contribution in [0.5, 0.6) is 0 Å². The Morgan fingerprint density at radius 2 is 0.951 bits per heavy atom. The normalized spacial score (nSPS) is 14.1. The Hall–Kier alpha value is -7.20. The van der Waals surface area contributed by atoms with Crippen LogP contribution in [0.2, 0.25) is 0 Å². The van der Waals surface area contributed by atoms with E-state index in [1.54, 1.807) is 0 Å². The van der Waals surface area contributed by atoms with Crippen molar-refractivity contribution in [3.63, 3.8) is 0 Å². The molecule has 0 radical (unpaired) electrons. The summed E-state index contributed by atoms with van der Waals surface area (Å²) < 4.78 is 2.41. The molecule has 290 valence electrons. The van der Waals surface area contributed by atoms with Gasteiger partial charge >= 0.3 is 0 Å². The topological polar surface area (TPSA) is 8.17 Å². The molecule has 2 aliphatic rings. The molecule has 1 aliphatic carbocycles. The number of aromatic nitrogens is 1. The van der Waals surface area contributed by atoms with Crippen LogP contribution in [-0.2, 0) is 5.41 Å². The first kappa shape index (κ1) is 35.7. The number of rotatable bonds is 6. The van der Waals surface area contributed by atoms with Gasteiger partial charge in [0.2, 0.25) is 0 Å². The summed E-state index contributed by atoms with van der Waals surface area (Å²) in [6, 6.07) is 79.9. The Labute approximate surface area is 358 Å². The van der Waals surface area contributed by atoms with Crippen LogP contribution in [-0.4, -0.2) is 12.6 Å². The zero-order valence-electron chi connectivity index (χ0n) is 34.6. The zero-order valence-corrected chi connectivity index (χ0v) is 35.6. The molecule has 0 saturated heterocycles. The Morgan fingerprint density at radius 3 is 1.62 bits per heavy atom. The number of aryl methyl sites for hydroxylation is 1. The van der Waals surface area contributed by atoms with Crippen LogP contribution >= 0.6 is 0 Å². The molecule has 1 aliphatic heterocycles. The molecule has 0 fully saturated rings. The Kier molecular flexibility index (Phi) is 7.85. The highest BCUT2D eigenvalue weighted by Gasteiger charge is 2.48. The van der Waals surface area contributed by atoms with Gasteiger partial charge in [-0.1, -0.05) is 166 Å². The van der Waals surface area contributed by atoms with E-state index in [1.807, 2.05) is 0 Å². The lowest BCUT2D eigenvalue weighted by molar-refractivity contribution is 0.660. The number of nitrogens with zero attached hydrogens (tertiary/aromatic N) is 2. The summed E-state index contributed by atoms with van der Waals surface area (Å²) in [5.41, 5.74) is 16.2. The molecule has 61 heavy (non-hydrogen) atoms. The molecule has 0 spiro atoms. The number of anilines is 3. The van der Waals surface area contributed by atoms with E-state index in [0.29, 0.717) is 0 Å². The van der Waals surface area contributed by atoms with Gasteiger partial charge in [0.15, 0.2) is 8.07 Å². The number of hydrogen-bond donors (Lipinski definition) is 0. The second kappa shape index (κ2) is 13.4. The van der Waals surface area contributed by atoms with E-state index in [0.717, 1.165) is 22.7 Å². The second-order valence-corrected chi connectivity index (χ2v) is 21.1. The summed E-state index contributed by atoms with van der Waals surface area (Å²) in [7, 11) is -2.75. The van der Waals surface area contributed by atoms with Gasteiger partial charge in [-0.05, 0) is 127 Å². The monoisotopic (exact) mass is 796 g/mol. The van der Waals surface area contributed by atoms with Crippen LogP contribution in [0.25, 0.3) is 49.7 Å². The van der Waals surface area contributed by atoms with Gasteiger partial charge in [0, 0.05) is 38.9 Å². The summed E-state index contributed by atoms with van der Waals surface area (Å²) in [4.78, 5) is 2.51. The number of benzene rings is 9. The van der Waals surface area contributed by atoms with E-state index in [2.05, 4.69) is 243 Å². The van der Waals surface area contributed by atoms with Gasteiger partial charge in [0.1, 0.15) is 0 Å². The fourth-order valence-corrected chi connectivity index (χ4v) is 16.4. The SMILES string of the molecule is Cc1cc(N(c2ccc(-n3c4ccccc4c4ccccc43)cc2)c2ccc3c(c2)C(C)(C)c2ccccc2-3)cc([Si]2(c3ccccc3)c3ccccc3-c3ccccc32)c1. The van der Waals surface area contributed by atoms with E-state index >= 15 is 0 Å². The van der Waals surface area contributed by atoms with E-state index in [4.69, 9.17) is 0 Å². The van der Waals surface area contributed by atoms with Gasteiger partial charge in [0.25, 0.3) is 0 Å². The molecule has 0 N–H and O–H groups in total. The maximum Gasteiger partial charge on any atom is 0.180 e. The first-order chi connectivity index (χ1) is 29.9. The van der Waals surface area contributed by atoms with Crippen LogP contribution < -0.4 is 25.6 Å². The minimum atomic E-state index is -2.75. The third kappa shape index (κ3) is 5.14. The standard InChI is InChI=1S/C58H44N2Si/c1-39-35-43(37-45(36-39)61(44-17-5-4-6-18-44)56-27-15-10-22-50(56)51-23-11-16-28-57(51)61)59(42-33-34-47-46-19-7-12-24-52(46)58(2,3)53(47)38-42)40-29-31-41(32-30-40)60-54-25-13-8-20-48(54)49-21-9-14-26-55(49)60/h4-38H,1-3H3. The molecule has 0 bridgehead atoms. The van der Waals surface area contributed by atoms with Crippen molar-refractivity contribution in [3.8, 4) is 27.9 Å². The molecule has 0 atom stereocenters. The van der Waals surface area contributed by atoms with Gasteiger partial charge in [-0.3, -0.25) is 0 Å². The summed E-state index contributed by atoms with van der Waals surface area (Å²) in [5, 5.41) is 8.25. The highest BCUT2D eigenvalue weighted by atomic mass is 28.3. The first-order valence-corrected chi connectivity index (χ1v) is 23.4. The average molecular weight is 797 g/mol. The lowest BCUT2D eigenvalue weighted by Crippen LogP contribution is -2.72. The molecule has 3 heteroatoms. The summed E-state index contributed by atoms with van der Waals surface area (Å²) >= 11 is 0. The molecule has 2 heterocycles. The molecule has 1 aromatic heterocycles. The molecule has 10 aromatic rings. The maximum atomic E-state index is 2.53. The van der Waals surface area contributed by atoms with Crippen molar-refractivity contribution >= 4 is 67.7 Å². The first-order valence-electron chi connectivity index (χ1n) is 21.4. The Balaban J connectivity index is 1.09. The van der Waals surface area contributed by atoms with Gasteiger partial charge in [-0.25, -0.2) is 0 Å². The fourth-order valence-electron chi connectivity index (χ4n) is 11.1. The van der Waals surface area contributed by atoms with Crippen molar-refractivity contribution < 1.29 is 0 Å². The van der Waals surface area contributed by atoms with Crippen molar-refractivity contribution in [2.24, 2.45) is 0 Å². The lowest BCUT2D eigenvalue weighted by atomic mass is 9.82. The second-order valence-electron chi connectivity index (χ2n) is 17.4. The summed E-state index contributed by atoms with van der Waals surface area (Å²) in [6.07, 6.45) is 0. The predicted molar refractivity (Wildman–Crippen MR) is 260 cm³/mol. The van der Waals surface area contributed by atoms with Crippen LogP contribution in [0.3, 0.4) is 0 Å². The number of fused-ring (bicyclic) bond motifs is 9. The third-order valence-electron chi connectivity index (χ3n) is 13.7. The fraction of sp³-hybridized carbons (Fsp3) is 0.0690. The maximum absolute atomic E-state index is 2.75. The molecule has 0 unspecified atom stereocenters. The third-order valence-corrected chi connectivity index (χ3v) is 18.5. The highest BCUT2D eigenvalue weighted by molar-refractivity contribution is 7.22. The molecule has 0 amide bonds. The highest BCUT2D eigenvalue weighted by Crippen LogP contribution is 2.50. The Bertz CT molecular complexity index is 3260. The van der Waals surface area contributed by atoms with Crippen molar-refractivity contribution in [1.29, 1.82) is 0 Å². The number of hydrogen-bond acceptors (Lipinski definition) is 1. The molecule has 9 aromatic carbocycles.